The van der Waals surface area contributed by atoms with Gasteiger partial charge in [0.15, 0.2) is 0 Å². The summed E-state index contributed by atoms with van der Waals surface area (Å²) in [7, 11) is 0. The van der Waals surface area contributed by atoms with Crippen molar-refractivity contribution >= 4 is 17.7 Å². The van der Waals surface area contributed by atoms with Gasteiger partial charge in [0.1, 0.15) is 5.78 Å². The van der Waals surface area contributed by atoms with Crippen LogP contribution < -0.4 is 0 Å². The monoisotopic (exact) mass is 307 g/mol. The van der Waals surface area contributed by atoms with Crippen molar-refractivity contribution in [3.8, 4) is 0 Å². The van der Waals surface area contributed by atoms with Gasteiger partial charge in [-0.25, -0.2) is 0 Å². The van der Waals surface area contributed by atoms with E-state index in [-0.39, 0.29) is 23.7 Å². The van der Waals surface area contributed by atoms with E-state index in [2.05, 4.69) is 0 Å². The summed E-state index contributed by atoms with van der Waals surface area (Å²) in [6.07, 6.45) is 3.19. The fraction of sp³-hybridized carbons (Fsp3) is 0.824. The quantitative estimate of drug-likeness (QED) is 0.847. The summed E-state index contributed by atoms with van der Waals surface area (Å²) >= 11 is 0. The smallest absolute Gasteiger partial charge is 0.308 e. The normalized spacial score (nSPS) is 40.0. The third kappa shape index (κ3) is 1.68. The van der Waals surface area contributed by atoms with Crippen molar-refractivity contribution in [2.45, 2.75) is 52.9 Å². The lowest BCUT2D eigenvalue weighted by Gasteiger charge is -2.43. The first-order valence-electron chi connectivity index (χ1n) is 8.21. The summed E-state index contributed by atoms with van der Waals surface area (Å²) in [5.74, 6) is -1.09. The Labute approximate surface area is 131 Å². The molecule has 0 aromatic rings. The number of fused-ring (bicyclic) bond motifs is 2. The van der Waals surface area contributed by atoms with Crippen molar-refractivity contribution in [3.63, 3.8) is 0 Å². The lowest BCUT2D eigenvalue weighted by Crippen LogP contribution is -2.52. The average Bonchev–Trinajstić information content (AvgIpc) is 2.77. The van der Waals surface area contributed by atoms with Gasteiger partial charge < -0.3 is 10.0 Å². The predicted molar refractivity (Wildman–Crippen MR) is 80.1 cm³/mol. The molecule has 0 aromatic heterocycles. The molecule has 2 aliphatic carbocycles. The number of hydrogen-bond donors (Lipinski definition) is 1. The second-order valence-electron chi connectivity index (χ2n) is 8.07. The number of piperidine rings is 1. The Balaban J connectivity index is 1.89. The molecule has 3 aliphatic rings. The summed E-state index contributed by atoms with van der Waals surface area (Å²) in [5, 5.41) is 9.23. The molecule has 0 radical (unpaired) electrons. The Bertz CT molecular complexity index is 555. The molecule has 3 unspecified atom stereocenters. The molecular weight excluding hydrogens is 282 g/mol. The number of rotatable bonds is 2. The fourth-order valence-electron chi connectivity index (χ4n) is 5.00. The Kier molecular flexibility index (Phi) is 3.21. The molecule has 5 nitrogen and oxygen atoms in total. The Morgan fingerprint density at radius 1 is 1.23 bits per heavy atom. The maximum atomic E-state index is 13.2. The van der Waals surface area contributed by atoms with Crippen LogP contribution in [0.3, 0.4) is 0 Å². The lowest BCUT2D eigenvalue weighted by atomic mass is 9.64. The van der Waals surface area contributed by atoms with Crippen molar-refractivity contribution < 1.29 is 19.5 Å². The highest BCUT2D eigenvalue weighted by Gasteiger charge is 2.73. The van der Waals surface area contributed by atoms with E-state index < -0.39 is 22.7 Å². The SMILES string of the molecule is CC12CCC(C(=O)N3CCCC(C(=O)O)C3)(CC1=O)C2(C)C. The third-order valence-electron chi connectivity index (χ3n) is 7.17. The van der Waals surface area contributed by atoms with Crippen molar-refractivity contribution in [2.75, 3.05) is 13.1 Å². The fourth-order valence-corrected chi connectivity index (χ4v) is 5.00. The molecule has 5 heteroatoms. The molecule has 0 spiro atoms. The van der Waals surface area contributed by atoms with E-state index in [4.69, 9.17) is 0 Å². The Morgan fingerprint density at radius 2 is 1.91 bits per heavy atom. The molecule has 3 fully saturated rings. The van der Waals surface area contributed by atoms with Gasteiger partial charge in [-0.1, -0.05) is 20.8 Å². The number of nitrogens with zero attached hydrogens (tertiary/aromatic N) is 1. The summed E-state index contributed by atoms with van der Waals surface area (Å²) < 4.78 is 0. The van der Waals surface area contributed by atoms with Crippen molar-refractivity contribution in [3.05, 3.63) is 0 Å². The highest BCUT2D eigenvalue weighted by molar-refractivity contribution is 5.99. The largest absolute Gasteiger partial charge is 0.481 e. The number of likely N-dealkylation sites (tertiary alicyclic amines) is 1. The van der Waals surface area contributed by atoms with Gasteiger partial charge in [0.25, 0.3) is 0 Å². The minimum absolute atomic E-state index is 0.0121. The molecule has 3 rings (SSSR count). The number of hydrogen-bond acceptors (Lipinski definition) is 3. The average molecular weight is 307 g/mol. The number of aliphatic carboxylic acids is 1. The second kappa shape index (κ2) is 4.56. The molecule has 2 saturated carbocycles. The standard InChI is InChI=1S/C17H25NO4/c1-15(2)16(3)6-7-17(15,9-12(16)19)14(22)18-8-4-5-11(10-18)13(20)21/h11H,4-10H2,1-3H3,(H,20,21). The topological polar surface area (TPSA) is 74.7 Å². The highest BCUT2D eigenvalue weighted by atomic mass is 16.4. The van der Waals surface area contributed by atoms with E-state index >= 15 is 0 Å². The molecule has 22 heavy (non-hydrogen) atoms. The van der Waals surface area contributed by atoms with E-state index in [1.54, 1.807) is 4.90 Å². The third-order valence-corrected chi connectivity index (χ3v) is 7.17. The Morgan fingerprint density at radius 3 is 2.41 bits per heavy atom. The molecule has 0 aromatic carbocycles. The zero-order chi connectivity index (χ0) is 16.3. The van der Waals surface area contributed by atoms with E-state index in [9.17, 15) is 19.5 Å². The van der Waals surface area contributed by atoms with Crippen LogP contribution in [-0.4, -0.2) is 40.8 Å². The van der Waals surface area contributed by atoms with Crippen molar-refractivity contribution in [1.29, 1.82) is 0 Å². The molecule has 1 saturated heterocycles. The summed E-state index contributed by atoms with van der Waals surface area (Å²) in [4.78, 5) is 38.7. The predicted octanol–water partition coefficient (Wildman–Crippen LogP) is 2.10. The minimum Gasteiger partial charge on any atom is -0.481 e. The minimum atomic E-state index is -0.826. The van der Waals surface area contributed by atoms with Crippen molar-refractivity contribution in [2.24, 2.45) is 22.2 Å². The molecule has 1 heterocycles. The van der Waals surface area contributed by atoms with E-state index in [1.807, 2.05) is 20.8 Å². The van der Waals surface area contributed by atoms with Gasteiger partial charge in [0.05, 0.1) is 11.3 Å². The number of amides is 1. The van der Waals surface area contributed by atoms with Crippen LogP contribution in [0.15, 0.2) is 0 Å². The van der Waals surface area contributed by atoms with Crippen LogP contribution in [0.4, 0.5) is 0 Å². The van der Waals surface area contributed by atoms with E-state index in [1.165, 1.54) is 0 Å². The lowest BCUT2D eigenvalue weighted by molar-refractivity contribution is -0.153. The van der Waals surface area contributed by atoms with Gasteiger partial charge in [-0.15, -0.1) is 0 Å². The number of carboxylic acid groups (broad SMARTS) is 1. The number of carboxylic acids is 1. The number of carbonyl (C=O) groups is 3. The molecule has 1 amide bonds. The molecule has 1 N–H and O–H groups in total. The van der Waals surface area contributed by atoms with Crippen LogP contribution in [0.2, 0.25) is 0 Å². The number of ketones is 1. The van der Waals surface area contributed by atoms with Gasteiger partial charge in [0, 0.05) is 24.9 Å². The Hall–Kier alpha value is -1.39. The summed E-state index contributed by atoms with van der Waals surface area (Å²) in [6.45, 7) is 6.98. The first kappa shape index (κ1) is 15.5. The zero-order valence-corrected chi connectivity index (χ0v) is 13.6. The highest BCUT2D eigenvalue weighted by Crippen LogP contribution is 2.71. The van der Waals surface area contributed by atoms with E-state index in [0.717, 1.165) is 19.3 Å². The van der Waals surface area contributed by atoms with Crippen molar-refractivity contribution in [1.82, 2.24) is 4.90 Å². The van der Waals surface area contributed by atoms with E-state index in [0.29, 0.717) is 19.4 Å². The summed E-state index contributed by atoms with van der Waals surface area (Å²) in [6, 6.07) is 0. The molecule has 1 aliphatic heterocycles. The van der Waals surface area contributed by atoms with Crippen LogP contribution in [-0.2, 0) is 14.4 Å². The van der Waals surface area contributed by atoms with Crippen LogP contribution in [0.5, 0.6) is 0 Å². The summed E-state index contributed by atoms with van der Waals surface area (Å²) in [5.41, 5.74) is -1.39. The first-order valence-corrected chi connectivity index (χ1v) is 8.21. The van der Waals surface area contributed by atoms with Crippen LogP contribution in [0.1, 0.15) is 52.9 Å². The number of Topliss-reactive ketones (excluding diaryl/α,β-unsaturated/α-hetero) is 1. The molecule has 3 atom stereocenters. The van der Waals surface area contributed by atoms with Gasteiger partial charge in [0.2, 0.25) is 5.91 Å². The molecule has 122 valence electrons. The maximum Gasteiger partial charge on any atom is 0.308 e. The first-order chi connectivity index (χ1) is 10.2. The zero-order valence-electron chi connectivity index (χ0n) is 13.6. The molecular formula is C17H25NO4. The number of carbonyl (C=O) groups excluding carboxylic acids is 2. The van der Waals surface area contributed by atoms with Gasteiger partial charge in [-0.2, -0.15) is 0 Å². The van der Waals surface area contributed by atoms with Crippen LogP contribution in [0, 0.1) is 22.2 Å². The second-order valence-corrected chi connectivity index (χ2v) is 8.07. The van der Waals surface area contributed by atoms with Gasteiger partial charge >= 0.3 is 5.97 Å². The maximum absolute atomic E-state index is 13.2. The van der Waals surface area contributed by atoms with Gasteiger partial charge in [-0.05, 0) is 31.1 Å². The van der Waals surface area contributed by atoms with Crippen LogP contribution >= 0.6 is 0 Å². The van der Waals surface area contributed by atoms with Crippen LogP contribution in [0.25, 0.3) is 0 Å². The van der Waals surface area contributed by atoms with Gasteiger partial charge in [-0.3, -0.25) is 14.4 Å². The molecule has 2 bridgehead atoms.